The number of nitrogens with two attached hydrogens (primary N) is 1. The summed E-state index contributed by atoms with van der Waals surface area (Å²) >= 11 is 0. The Morgan fingerprint density at radius 1 is 1.33 bits per heavy atom. The molecular weight excluding hydrogens is 256 g/mol. The van der Waals surface area contributed by atoms with Crippen LogP contribution in [0.25, 0.3) is 0 Å². The van der Waals surface area contributed by atoms with Crippen LogP contribution in [0.4, 0.5) is 0 Å². The normalized spacial score (nSPS) is 19.8. The number of hydrogen-bond acceptors (Lipinski definition) is 4. The van der Waals surface area contributed by atoms with Gasteiger partial charge in [0.1, 0.15) is 0 Å². The van der Waals surface area contributed by atoms with E-state index in [0.717, 1.165) is 6.54 Å². The van der Waals surface area contributed by atoms with E-state index in [-0.39, 0.29) is 25.0 Å². The van der Waals surface area contributed by atoms with Crippen molar-refractivity contribution in [1.29, 1.82) is 0 Å². The van der Waals surface area contributed by atoms with Gasteiger partial charge in [0.25, 0.3) is 10.2 Å². The van der Waals surface area contributed by atoms with Gasteiger partial charge in [-0.15, -0.1) is 0 Å². The largest absolute Gasteiger partial charge is 0.340 e. The topological polar surface area (TPSA) is 95.7 Å². The molecule has 0 bridgehead atoms. The summed E-state index contributed by atoms with van der Waals surface area (Å²) in [5, 5.41) is 8.21. The molecule has 1 amide bonds. The fourth-order valence-corrected chi connectivity index (χ4v) is 2.68. The van der Waals surface area contributed by atoms with Gasteiger partial charge in [-0.3, -0.25) is 4.79 Å². The predicted molar refractivity (Wildman–Crippen MR) is 69.0 cm³/mol. The summed E-state index contributed by atoms with van der Waals surface area (Å²) in [6.07, 6.45) is 0.434. The first-order chi connectivity index (χ1) is 8.34. The van der Waals surface area contributed by atoms with Gasteiger partial charge in [0.05, 0.1) is 0 Å². The second kappa shape index (κ2) is 6.46. The van der Waals surface area contributed by atoms with Crippen LogP contribution in [0.2, 0.25) is 0 Å². The van der Waals surface area contributed by atoms with Gasteiger partial charge in [0.2, 0.25) is 5.91 Å². The lowest BCUT2D eigenvalue weighted by Gasteiger charge is -2.33. The van der Waals surface area contributed by atoms with Gasteiger partial charge in [0.15, 0.2) is 0 Å². The van der Waals surface area contributed by atoms with E-state index in [4.69, 9.17) is 5.14 Å². The summed E-state index contributed by atoms with van der Waals surface area (Å²) in [5.74, 6) is 0.0533. The highest BCUT2D eigenvalue weighted by Gasteiger charge is 2.26. The van der Waals surface area contributed by atoms with Crippen LogP contribution in [-0.2, 0) is 15.0 Å². The third-order valence-electron chi connectivity index (χ3n) is 2.98. The van der Waals surface area contributed by atoms with E-state index in [9.17, 15) is 13.2 Å². The van der Waals surface area contributed by atoms with Crippen molar-refractivity contribution in [2.24, 2.45) is 5.14 Å². The van der Waals surface area contributed by atoms with Crippen molar-refractivity contribution in [1.82, 2.24) is 14.5 Å². The van der Waals surface area contributed by atoms with Crippen LogP contribution >= 0.6 is 0 Å². The smallest absolute Gasteiger partial charge is 0.277 e. The molecule has 1 unspecified atom stereocenters. The van der Waals surface area contributed by atoms with Crippen molar-refractivity contribution >= 4 is 16.1 Å². The molecule has 0 aromatic carbocycles. The number of piperazine rings is 1. The van der Waals surface area contributed by atoms with Crippen LogP contribution in [0.3, 0.4) is 0 Å². The zero-order chi connectivity index (χ0) is 13.8. The SMILES string of the molecule is CCNC(C)CC(=O)N1CCN(S(N)(=O)=O)CC1. The quantitative estimate of drug-likeness (QED) is 0.655. The number of hydrogen-bond donors (Lipinski definition) is 2. The molecule has 1 saturated heterocycles. The van der Waals surface area contributed by atoms with E-state index in [1.54, 1.807) is 4.90 Å². The van der Waals surface area contributed by atoms with Crippen LogP contribution in [0.1, 0.15) is 20.3 Å². The molecule has 0 radical (unpaired) electrons. The fraction of sp³-hybridized carbons (Fsp3) is 0.900. The molecule has 3 N–H and O–H groups in total. The minimum absolute atomic E-state index is 0.0533. The van der Waals surface area contributed by atoms with Gasteiger partial charge >= 0.3 is 0 Å². The Bertz CT molecular complexity index is 377. The molecule has 1 heterocycles. The minimum atomic E-state index is -3.62. The van der Waals surface area contributed by atoms with Crippen molar-refractivity contribution in [3.8, 4) is 0 Å². The Kier molecular flexibility index (Phi) is 5.51. The van der Waals surface area contributed by atoms with Crippen LogP contribution in [0.15, 0.2) is 0 Å². The van der Waals surface area contributed by atoms with Crippen molar-refractivity contribution in [2.45, 2.75) is 26.3 Å². The Labute approximate surface area is 108 Å². The third-order valence-corrected chi connectivity index (χ3v) is 4.07. The molecule has 8 heteroatoms. The summed E-state index contributed by atoms with van der Waals surface area (Å²) in [4.78, 5) is 13.6. The average molecular weight is 278 g/mol. The highest BCUT2D eigenvalue weighted by molar-refractivity contribution is 7.86. The molecule has 0 aromatic rings. The molecule has 7 nitrogen and oxygen atoms in total. The van der Waals surface area contributed by atoms with Crippen molar-refractivity contribution in [3.63, 3.8) is 0 Å². The third kappa shape index (κ3) is 4.52. The first-order valence-electron chi connectivity index (χ1n) is 6.13. The van der Waals surface area contributed by atoms with Crippen LogP contribution in [0.5, 0.6) is 0 Å². The molecule has 1 atom stereocenters. The van der Waals surface area contributed by atoms with Gasteiger partial charge in [-0.2, -0.15) is 12.7 Å². The van der Waals surface area contributed by atoms with Gasteiger partial charge in [-0.1, -0.05) is 6.92 Å². The lowest BCUT2D eigenvalue weighted by molar-refractivity contribution is -0.132. The molecule has 0 aromatic heterocycles. The zero-order valence-electron chi connectivity index (χ0n) is 10.9. The summed E-state index contributed by atoms with van der Waals surface area (Å²) in [5.41, 5.74) is 0. The van der Waals surface area contributed by atoms with Gasteiger partial charge < -0.3 is 10.2 Å². The predicted octanol–water partition coefficient (Wildman–Crippen LogP) is -1.28. The Morgan fingerprint density at radius 3 is 2.33 bits per heavy atom. The second-order valence-corrected chi connectivity index (χ2v) is 6.03. The highest BCUT2D eigenvalue weighted by atomic mass is 32.2. The van der Waals surface area contributed by atoms with Crippen molar-refractivity contribution in [3.05, 3.63) is 0 Å². The molecule has 106 valence electrons. The number of carbonyl (C=O) groups is 1. The first-order valence-corrected chi connectivity index (χ1v) is 7.64. The number of amides is 1. The highest BCUT2D eigenvalue weighted by Crippen LogP contribution is 2.07. The minimum Gasteiger partial charge on any atom is -0.340 e. The van der Waals surface area contributed by atoms with E-state index < -0.39 is 10.2 Å². The maximum atomic E-state index is 11.9. The van der Waals surface area contributed by atoms with Crippen LogP contribution in [0, 0.1) is 0 Å². The molecule has 0 aliphatic carbocycles. The molecular formula is C10H22N4O3S. The van der Waals surface area contributed by atoms with Gasteiger partial charge in [-0.05, 0) is 13.5 Å². The number of nitrogens with zero attached hydrogens (tertiary/aromatic N) is 2. The number of nitrogens with one attached hydrogen (secondary N) is 1. The number of carbonyl (C=O) groups excluding carboxylic acids is 1. The van der Waals surface area contributed by atoms with E-state index >= 15 is 0 Å². The van der Waals surface area contributed by atoms with Crippen LogP contribution in [-0.4, -0.2) is 62.3 Å². The summed E-state index contributed by atoms with van der Waals surface area (Å²) in [6.45, 7) is 6.16. The monoisotopic (exact) mass is 278 g/mol. The molecule has 1 aliphatic heterocycles. The maximum absolute atomic E-state index is 11.9. The standard InChI is InChI=1S/C10H22N4O3S/c1-3-12-9(2)8-10(15)13-4-6-14(7-5-13)18(11,16)17/h9,12H,3-8H2,1-2H3,(H2,11,16,17). The fourth-order valence-electron chi connectivity index (χ4n) is 2.00. The molecule has 18 heavy (non-hydrogen) atoms. The molecule has 0 saturated carbocycles. The molecule has 1 fully saturated rings. The Balaban J connectivity index is 2.41. The van der Waals surface area contributed by atoms with Crippen molar-refractivity contribution < 1.29 is 13.2 Å². The molecule has 1 rings (SSSR count). The molecule has 0 spiro atoms. The van der Waals surface area contributed by atoms with Crippen LogP contribution < -0.4 is 10.5 Å². The number of rotatable bonds is 5. The lowest BCUT2D eigenvalue weighted by atomic mass is 10.2. The Hall–Kier alpha value is -0.700. The van der Waals surface area contributed by atoms with E-state index in [1.807, 2.05) is 13.8 Å². The summed E-state index contributed by atoms with van der Waals surface area (Å²) in [7, 11) is -3.62. The first kappa shape index (κ1) is 15.4. The van der Waals surface area contributed by atoms with Gasteiger partial charge in [0, 0.05) is 38.6 Å². The average Bonchev–Trinajstić information content (AvgIpc) is 2.28. The van der Waals surface area contributed by atoms with E-state index in [1.165, 1.54) is 4.31 Å². The Morgan fingerprint density at radius 2 is 1.89 bits per heavy atom. The van der Waals surface area contributed by atoms with Crippen molar-refractivity contribution in [2.75, 3.05) is 32.7 Å². The van der Waals surface area contributed by atoms with E-state index in [0.29, 0.717) is 19.5 Å². The lowest BCUT2D eigenvalue weighted by Crippen LogP contribution is -2.52. The zero-order valence-corrected chi connectivity index (χ0v) is 11.7. The van der Waals surface area contributed by atoms with Gasteiger partial charge in [-0.25, -0.2) is 5.14 Å². The summed E-state index contributed by atoms with van der Waals surface area (Å²) < 4.78 is 23.4. The van der Waals surface area contributed by atoms with E-state index in [2.05, 4.69) is 5.32 Å². The molecule has 1 aliphatic rings. The maximum Gasteiger partial charge on any atom is 0.277 e. The summed E-state index contributed by atoms with van der Waals surface area (Å²) in [6, 6.07) is 0.138. The second-order valence-electron chi connectivity index (χ2n) is 4.49.